The van der Waals surface area contributed by atoms with Gasteiger partial charge in [-0.2, -0.15) is 5.10 Å². The highest BCUT2D eigenvalue weighted by Gasteiger charge is 2.61. The summed E-state index contributed by atoms with van der Waals surface area (Å²) in [5, 5.41) is 9.86. The number of hydrogen-bond donors (Lipinski definition) is 1. The van der Waals surface area contributed by atoms with E-state index in [4.69, 9.17) is 5.10 Å². The molecule has 0 saturated heterocycles. The summed E-state index contributed by atoms with van der Waals surface area (Å²) in [6.45, 7) is 10.0. The Hall–Kier alpha value is -1.84. The van der Waals surface area contributed by atoms with Crippen molar-refractivity contribution >= 4 is 11.7 Å². The molecule has 3 aliphatic rings. The van der Waals surface area contributed by atoms with Crippen LogP contribution in [0.15, 0.2) is 35.4 Å². The molecular weight excluding hydrogens is 346 g/mol. The average molecular weight is 382 g/mol. The van der Waals surface area contributed by atoms with Gasteiger partial charge in [-0.05, 0) is 54.4 Å². The highest BCUT2D eigenvalue weighted by atomic mass is 16.2. The Morgan fingerprint density at radius 2 is 2.00 bits per heavy atom. The van der Waals surface area contributed by atoms with Crippen molar-refractivity contribution in [1.82, 2.24) is 10.3 Å². The molecule has 4 heteroatoms. The molecule has 2 aliphatic carbocycles. The number of amides is 2. The Labute approximate surface area is 169 Å². The van der Waals surface area contributed by atoms with Crippen molar-refractivity contribution in [3.63, 3.8) is 0 Å². The van der Waals surface area contributed by atoms with Crippen LogP contribution in [-0.2, 0) is 0 Å². The van der Waals surface area contributed by atoms with Crippen molar-refractivity contribution in [2.45, 2.75) is 78.2 Å². The fourth-order valence-corrected chi connectivity index (χ4v) is 5.88. The van der Waals surface area contributed by atoms with Crippen molar-refractivity contribution in [3.05, 3.63) is 35.9 Å². The summed E-state index contributed by atoms with van der Waals surface area (Å²) in [4.78, 5) is 13.1. The minimum atomic E-state index is -0.0120. The summed E-state index contributed by atoms with van der Waals surface area (Å²) in [5.74, 6) is 0.951. The first-order chi connectivity index (χ1) is 13.4. The third kappa shape index (κ3) is 3.05. The fourth-order valence-electron chi connectivity index (χ4n) is 5.88. The second-order valence-corrected chi connectivity index (χ2v) is 9.85. The van der Waals surface area contributed by atoms with Crippen LogP contribution in [0.1, 0.15) is 77.7 Å². The number of fused-ring (bicyclic) bond motifs is 2. The molecule has 2 fully saturated rings. The van der Waals surface area contributed by atoms with Crippen LogP contribution < -0.4 is 5.32 Å². The van der Waals surface area contributed by atoms with Gasteiger partial charge in [0.1, 0.15) is 0 Å². The molecule has 152 valence electrons. The van der Waals surface area contributed by atoms with Crippen LogP contribution in [0, 0.1) is 16.7 Å². The standard InChI is InChI=1S/C24H35N3O/c1-5-6-12-20-19(17-10-8-7-9-11-17)16-27(26-20)22(28)25-21-15-18-13-14-24(21,4)23(18,2)3/h7-11,18-19,21H,5-6,12-16H2,1-4H3,(H,25,28)/t18?,19?,21-,24?/m1/s1. The Balaban J connectivity index is 1.48. The van der Waals surface area contributed by atoms with Gasteiger partial charge in [-0.3, -0.25) is 0 Å². The highest BCUT2D eigenvalue weighted by molar-refractivity contribution is 5.94. The van der Waals surface area contributed by atoms with Crippen LogP contribution >= 0.6 is 0 Å². The lowest BCUT2D eigenvalue weighted by Crippen LogP contribution is -2.50. The van der Waals surface area contributed by atoms with Crippen molar-refractivity contribution in [2.75, 3.05) is 6.54 Å². The average Bonchev–Trinajstić information content (AvgIpc) is 3.27. The maximum absolute atomic E-state index is 13.1. The quantitative estimate of drug-likeness (QED) is 0.713. The smallest absolute Gasteiger partial charge is 0.333 e. The summed E-state index contributed by atoms with van der Waals surface area (Å²) in [6, 6.07) is 10.8. The molecule has 0 aromatic heterocycles. The minimum Gasteiger partial charge on any atom is -0.333 e. The number of carbonyl (C=O) groups excluding carboxylic acids is 1. The van der Waals surface area contributed by atoms with Gasteiger partial charge in [-0.15, -0.1) is 0 Å². The van der Waals surface area contributed by atoms with E-state index < -0.39 is 0 Å². The summed E-state index contributed by atoms with van der Waals surface area (Å²) < 4.78 is 0. The SMILES string of the molecule is CCCCC1=NN(C(=O)N[C@@H]2CC3CCC2(C)C3(C)C)CC1c1ccccc1. The topological polar surface area (TPSA) is 44.7 Å². The third-order valence-corrected chi connectivity index (χ3v) is 8.32. The first-order valence-corrected chi connectivity index (χ1v) is 11.1. The van der Waals surface area contributed by atoms with Crippen LogP contribution in [0.25, 0.3) is 0 Å². The molecule has 1 heterocycles. The van der Waals surface area contributed by atoms with E-state index in [2.05, 4.69) is 57.3 Å². The second kappa shape index (κ2) is 7.20. The number of rotatable bonds is 5. The first-order valence-electron chi connectivity index (χ1n) is 11.1. The highest BCUT2D eigenvalue weighted by Crippen LogP contribution is 2.65. The van der Waals surface area contributed by atoms with E-state index in [-0.39, 0.29) is 23.4 Å². The molecule has 1 aromatic carbocycles. The third-order valence-electron chi connectivity index (χ3n) is 8.32. The molecule has 4 rings (SSSR count). The second-order valence-electron chi connectivity index (χ2n) is 9.85. The molecule has 0 spiro atoms. The Kier molecular flexibility index (Phi) is 5.01. The summed E-state index contributed by atoms with van der Waals surface area (Å²) in [6.07, 6.45) is 6.85. The molecule has 1 aliphatic heterocycles. The Morgan fingerprint density at radius 3 is 2.61 bits per heavy atom. The van der Waals surface area contributed by atoms with Gasteiger partial charge in [-0.25, -0.2) is 9.80 Å². The van der Waals surface area contributed by atoms with Gasteiger partial charge in [0.2, 0.25) is 0 Å². The van der Waals surface area contributed by atoms with Crippen LogP contribution in [0.4, 0.5) is 4.79 Å². The van der Waals surface area contributed by atoms with Gasteiger partial charge < -0.3 is 5.32 Å². The molecule has 2 amide bonds. The molecule has 2 saturated carbocycles. The summed E-state index contributed by atoms with van der Waals surface area (Å²) >= 11 is 0. The number of unbranched alkanes of at least 4 members (excludes halogenated alkanes) is 1. The number of benzene rings is 1. The van der Waals surface area contributed by atoms with E-state index >= 15 is 0 Å². The van der Waals surface area contributed by atoms with Crippen LogP contribution in [0.2, 0.25) is 0 Å². The zero-order valence-electron chi connectivity index (χ0n) is 17.9. The molecule has 2 bridgehead atoms. The fraction of sp³-hybridized carbons (Fsp3) is 0.667. The van der Waals surface area contributed by atoms with E-state index in [1.165, 1.54) is 18.4 Å². The monoisotopic (exact) mass is 381 g/mol. The molecular formula is C24H35N3O. The predicted octanol–water partition coefficient (Wildman–Crippen LogP) is 5.56. The van der Waals surface area contributed by atoms with Gasteiger partial charge in [0.25, 0.3) is 0 Å². The molecule has 4 nitrogen and oxygen atoms in total. The number of nitrogens with one attached hydrogen (secondary N) is 1. The Morgan fingerprint density at radius 1 is 1.25 bits per heavy atom. The maximum Gasteiger partial charge on any atom is 0.338 e. The lowest BCUT2D eigenvalue weighted by molar-refractivity contribution is 0.118. The molecule has 1 N–H and O–H groups in total. The van der Waals surface area contributed by atoms with Crippen molar-refractivity contribution in [3.8, 4) is 0 Å². The zero-order valence-corrected chi connectivity index (χ0v) is 17.9. The van der Waals surface area contributed by atoms with Crippen LogP contribution in [0.5, 0.6) is 0 Å². The van der Waals surface area contributed by atoms with Crippen LogP contribution in [0.3, 0.4) is 0 Å². The Bertz CT molecular complexity index is 756. The van der Waals surface area contributed by atoms with Gasteiger partial charge in [0.05, 0.1) is 6.54 Å². The van der Waals surface area contributed by atoms with Crippen molar-refractivity contribution in [2.24, 2.45) is 21.8 Å². The molecule has 28 heavy (non-hydrogen) atoms. The normalized spacial score (nSPS) is 33.2. The minimum absolute atomic E-state index is 0.0120. The molecule has 3 unspecified atom stereocenters. The van der Waals surface area contributed by atoms with Crippen molar-refractivity contribution in [1.29, 1.82) is 0 Å². The molecule has 1 aromatic rings. The zero-order chi connectivity index (χ0) is 19.9. The summed E-state index contributed by atoms with van der Waals surface area (Å²) in [7, 11) is 0. The predicted molar refractivity (Wildman–Crippen MR) is 114 cm³/mol. The largest absolute Gasteiger partial charge is 0.338 e. The number of nitrogens with zero attached hydrogens (tertiary/aromatic N) is 2. The van der Waals surface area contributed by atoms with E-state index in [0.29, 0.717) is 12.0 Å². The summed E-state index contributed by atoms with van der Waals surface area (Å²) in [5.41, 5.74) is 2.92. The number of hydrazone groups is 1. The van der Waals surface area contributed by atoms with Crippen molar-refractivity contribution < 1.29 is 4.79 Å². The first kappa shape index (κ1) is 19.5. The van der Waals surface area contributed by atoms with E-state index in [0.717, 1.165) is 37.3 Å². The maximum atomic E-state index is 13.1. The van der Waals surface area contributed by atoms with E-state index in [9.17, 15) is 4.79 Å². The number of carbonyl (C=O) groups is 1. The lowest BCUT2D eigenvalue weighted by Gasteiger charge is -2.39. The number of urea groups is 1. The van der Waals surface area contributed by atoms with Gasteiger partial charge in [-0.1, -0.05) is 64.4 Å². The van der Waals surface area contributed by atoms with E-state index in [1.54, 1.807) is 5.01 Å². The molecule has 0 radical (unpaired) electrons. The van der Waals surface area contributed by atoms with Gasteiger partial charge in [0, 0.05) is 17.7 Å². The van der Waals surface area contributed by atoms with Gasteiger partial charge in [0.15, 0.2) is 0 Å². The van der Waals surface area contributed by atoms with Crippen LogP contribution in [-0.4, -0.2) is 29.3 Å². The van der Waals surface area contributed by atoms with E-state index in [1.807, 2.05) is 6.07 Å². The lowest BCUT2D eigenvalue weighted by atomic mass is 9.69. The molecule has 4 atom stereocenters. The van der Waals surface area contributed by atoms with Gasteiger partial charge >= 0.3 is 6.03 Å². The number of hydrogen-bond acceptors (Lipinski definition) is 2.